The third-order valence-electron chi connectivity index (χ3n) is 3.25. The van der Waals surface area contributed by atoms with E-state index in [-0.39, 0.29) is 17.2 Å². The Labute approximate surface area is 122 Å². The summed E-state index contributed by atoms with van der Waals surface area (Å²) >= 11 is 5.78. The number of likely N-dealkylation sites (N-methyl/N-ethyl adjacent to an activating group) is 1. The van der Waals surface area contributed by atoms with Gasteiger partial charge in [-0.05, 0) is 19.1 Å². The molecule has 1 amide bonds. The number of fused-ring (bicyclic) bond motifs is 1. The molecular formula is C14H17ClFN3O. The van der Waals surface area contributed by atoms with Crippen molar-refractivity contribution in [2.24, 2.45) is 0 Å². The number of carbonyl (C=O) groups excluding carboxylic acids is 1. The van der Waals surface area contributed by atoms with Gasteiger partial charge < -0.3 is 9.47 Å². The van der Waals surface area contributed by atoms with Crippen LogP contribution in [0.3, 0.4) is 0 Å². The topological polar surface area (TPSA) is 38.1 Å². The molecule has 4 nitrogen and oxygen atoms in total. The lowest BCUT2D eigenvalue weighted by atomic mass is 10.2. The van der Waals surface area contributed by atoms with Crippen LogP contribution in [0.4, 0.5) is 4.39 Å². The van der Waals surface area contributed by atoms with Crippen molar-refractivity contribution in [2.45, 2.75) is 19.4 Å². The third-order valence-corrected chi connectivity index (χ3v) is 3.44. The van der Waals surface area contributed by atoms with Gasteiger partial charge in [0.2, 0.25) is 5.91 Å². The van der Waals surface area contributed by atoms with E-state index in [2.05, 4.69) is 4.98 Å². The molecule has 0 aliphatic heterocycles. The zero-order valence-corrected chi connectivity index (χ0v) is 12.5. The van der Waals surface area contributed by atoms with E-state index < -0.39 is 6.04 Å². The molecule has 0 spiro atoms. The summed E-state index contributed by atoms with van der Waals surface area (Å²) in [5.74, 6) is 0.544. The van der Waals surface area contributed by atoms with Crippen molar-refractivity contribution in [3.05, 3.63) is 29.8 Å². The van der Waals surface area contributed by atoms with Crippen LogP contribution >= 0.6 is 11.6 Å². The van der Waals surface area contributed by atoms with Gasteiger partial charge in [-0.25, -0.2) is 9.37 Å². The van der Waals surface area contributed by atoms with Crippen molar-refractivity contribution in [3.63, 3.8) is 0 Å². The molecule has 1 heterocycles. The minimum absolute atomic E-state index is 0.0654. The first-order chi connectivity index (χ1) is 9.47. The van der Waals surface area contributed by atoms with Crippen LogP contribution in [0.2, 0.25) is 0 Å². The van der Waals surface area contributed by atoms with Gasteiger partial charge in [0.25, 0.3) is 0 Å². The second-order valence-electron chi connectivity index (χ2n) is 4.85. The summed E-state index contributed by atoms with van der Waals surface area (Å²) in [5, 5.41) is 0. The van der Waals surface area contributed by atoms with Crippen LogP contribution < -0.4 is 0 Å². The number of alkyl halides is 1. The predicted molar refractivity (Wildman–Crippen MR) is 77.5 cm³/mol. The Morgan fingerprint density at radius 2 is 2.20 bits per heavy atom. The largest absolute Gasteiger partial charge is 0.347 e. The van der Waals surface area contributed by atoms with E-state index in [1.165, 1.54) is 11.0 Å². The number of nitrogens with zero attached hydrogens (tertiary/aromatic N) is 3. The number of hydrogen-bond acceptors (Lipinski definition) is 2. The lowest BCUT2D eigenvalue weighted by Crippen LogP contribution is -2.30. The Morgan fingerprint density at radius 3 is 2.80 bits per heavy atom. The minimum atomic E-state index is -0.449. The third kappa shape index (κ3) is 2.50. The second-order valence-corrected chi connectivity index (χ2v) is 5.23. The zero-order valence-electron chi connectivity index (χ0n) is 11.7. The van der Waals surface area contributed by atoms with Gasteiger partial charge in [0.1, 0.15) is 17.4 Å². The van der Waals surface area contributed by atoms with Gasteiger partial charge >= 0.3 is 0 Å². The normalized spacial score (nSPS) is 12.7. The van der Waals surface area contributed by atoms with Crippen LogP contribution in [0.5, 0.6) is 0 Å². The summed E-state index contributed by atoms with van der Waals surface area (Å²) in [7, 11) is 3.39. The Morgan fingerprint density at radius 1 is 1.50 bits per heavy atom. The van der Waals surface area contributed by atoms with Gasteiger partial charge in [0.05, 0.1) is 5.52 Å². The number of aromatic nitrogens is 2. The van der Waals surface area contributed by atoms with Crippen LogP contribution in [0, 0.1) is 5.82 Å². The molecule has 0 saturated carbocycles. The molecule has 0 saturated heterocycles. The van der Waals surface area contributed by atoms with Gasteiger partial charge in [0, 0.05) is 26.4 Å². The number of halogens is 2. The highest BCUT2D eigenvalue weighted by molar-refractivity contribution is 6.17. The molecule has 2 rings (SSSR count). The molecule has 0 aliphatic rings. The van der Waals surface area contributed by atoms with Crippen LogP contribution in [0.15, 0.2) is 18.2 Å². The summed E-state index contributed by atoms with van der Waals surface area (Å²) in [6, 6.07) is 4.30. The number of rotatable bonds is 4. The van der Waals surface area contributed by atoms with Crippen molar-refractivity contribution in [1.29, 1.82) is 0 Å². The summed E-state index contributed by atoms with van der Waals surface area (Å²) < 4.78 is 15.6. The number of imidazole rings is 1. The van der Waals surface area contributed by atoms with Crippen LogP contribution in [-0.2, 0) is 11.2 Å². The fraction of sp³-hybridized carbons (Fsp3) is 0.429. The number of hydrogen-bond donors (Lipinski definition) is 0. The van der Waals surface area contributed by atoms with E-state index in [9.17, 15) is 9.18 Å². The lowest BCUT2D eigenvalue weighted by Gasteiger charge is -2.20. The quantitative estimate of drug-likeness (QED) is 0.814. The van der Waals surface area contributed by atoms with E-state index in [4.69, 9.17) is 11.6 Å². The van der Waals surface area contributed by atoms with Crippen molar-refractivity contribution >= 4 is 28.5 Å². The average Bonchev–Trinajstić information content (AvgIpc) is 2.77. The van der Waals surface area contributed by atoms with Crippen LogP contribution in [0.1, 0.15) is 18.8 Å². The molecular weight excluding hydrogens is 281 g/mol. The average molecular weight is 298 g/mol. The Hall–Kier alpha value is -1.62. The zero-order chi connectivity index (χ0) is 14.9. The fourth-order valence-corrected chi connectivity index (χ4v) is 2.48. The van der Waals surface area contributed by atoms with Crippen LogP contribution in [-0.4, -0.2) is 40.3 Å². The Bertz CT molecular complexity index is 639. The molecule has 108 valence electrons. The lowest BCUT2D eigenvalue weighted by molar-refractivity contribution is -0.131. The smallest absolute Gasteiger partial charge is 0.244 e. The molecule has 1 aromatic carbocycles. The van der Waals surface area contributed by atoms with Crippen molar-refractivity contribution in [3.8, 4) is 0 Å². The molecule has 1 atom stereocenters. The SMILES string of the molecule is CC(C(=O)N(C)C)n1c(CCCl)nc2c(F)cccc21. The van der Waals surface area contributed by atoms with Crippen LogP contribution in [0.25, 0.3) is 11.0 Å². The molecule has 0 N–H and O–H groups in total. The van der Waals surface area contributed by atoms with E-state index in [1.807, 2.05) is 0 Å². The van der Waals surface area contributed by atoms with E-state index in [0.29, 0.717) is 23.6 Å². The number of carbonyl (C=O) groups is 1. The molecule has 0 fully saturated rings. The molecule has 1 aromatic heterocycles. The Balaban J connectivity index is 2.62. The number of amides is 1. The minimum Gasteiger partial charge on any atom is -0.347 e. The molecule has 20 heavy (non-hydrogen) atoms. The maximum absolute atomic E-state index is 13.8. The summed E-state index contributed by atoms with van der Waals surface area (Å²) in [6.07, 6.45) is 0.487. The second kappa shape index (κ2) is 5.79. The Kier molecular flexibility index (Phi) is 4.28. The molecule has 0 aliphatic carbocycles. The summed E-state index contributed by atoms with van der Waals surface area (Å²) in [5.41, 5.74) is 0.902. The highest BCUT2D eigenvalue weighted by Crippen LogP contribution is 2.24. The van der Waals surface area contributed by atoms with Gasteiger partial charge in [-0.1, -0.05) is 6.07 Å². The van der Waals surface area contributed by atoms with Gasteiger partial charge in [-0.2, -0.15) is 0 Å². The van der Waals surface area contributed by atoms with Crippen molar-refractivity contribution < 1.29 is 9.18 Å². The van der Waals surface area contributed by atoms with Gasteiger partial charge in [0.15, 0.2) is 5.82 Å². The number of aryl methyl sites for hydroxylation is 1. The number of benzene rings is 1. The van der Waals surface area contributed by atoms with Gasteiger partial charge in [-0.3, -0.25) is 4.79 Å². The highest BCUT2D eigenvalue weighted by atomic mass is 35.5. The molecule has 0 radical (unpaired) electrons. The first kappa shape index (κ1) is 14.8. The maximum atomic E-state index is 13.8. The standard InChI is InChI=1S/C14H17ClFN3O/c1-9(14(20)18(2)3)19-11-6-4-5-10(16)13(11)17-12(19)7-8-15/h4-6,9H,7-8H2,1-3H3. The van der Waals surface area contributed by atoms with E-state index in [0.717, 1.165) is 0 Å². The van der Waals surface area contributed by atoms with E-state index >= 15 is 0 Å². The van der Waals surface area contributed by atoms with E-state index in [1.54, 1.807) is 37.7 Å². The fourth-order valence-electron chi connectivity index (χ4n) is 2.31. The molecule has 1 unspecified atom stereocenters. The van der Waals surface area contributed by atoms with Crippen molar-refractivity contribution in [2.75, 3.05) is 20.0 Å². The summed E-state index contributed by atoms with van der Waals surface area (Å²) in [4.78, 5) is 18.0. The molecule has 2 aromatic rings. The van der Waals surface area contributed by atoms with Crippen molar-refractivity contribution in [1.82, 2.24) is 14.5 Å². The monoisotopic (exact) mass is 297 g/mol. The first-order valence-corrected chi connectivity index (χ1v) is 6.93. The predicted octanol–water partition coefficient (Wildman–Crippen LogP) is 2.61. The summed E-state index contributed by atoms with van der Waals surface area (Å²) in [6.45, 7) is 1.78. The highest BCUT2D eigenvalue weighted by Gasteiger charge is 2.23. The molecule has 0 bridgehead atoms. The molecule has 6 heteroatoms. The first-order valence-electron chi connectivity index (χ1n) is 6.39. The number of para-hydroxylation sites is 1. The van der Waals surface area contributed by atoms with Gasteiger partial charge in [-0.15, -0.1) is 11.6 Å². The maximum Gasteiger partial charge on any atom is 0.244 e.